The smallest absolute Gasteiger partial charge is 0.352 e. The molecule has 0 aliphatic carbocycles. The fourth-order valence-corrected chi connectivity index (χ4v) is 7.53. The topological polar surface area (TPSA) is 497 Å². The summed E-state index contributed by atoms with van der Waals surface area (Å²) in [7, 11) is -11.2. The third kappa shape index (κ3) is 26.1. The van der Waals surface area contributed by atoms with Crippen molar-refractivity contribution in [3.8, 4) is 0 Å². The zero-order valence-corrected chi connectivity index (χ0v) is 46.3. The van der Waals surface area contributed by atoms with Gasteiger partial charge in [-0.05, 0) is 62.3 Å². The van der Waals surface area contributed by atoms with E-state index in [4.69, 9.17) is 65.5 Å². The molecule has 1 saturated heterocycles. The molecular formula is C39H67N12O23P3. The average molecular weight is 1160 g/mol. The first kappa shape index (κ1) is 67.6. The van der Waals surface area contributed by atoms with Gasteiger partial charge in [-0.1, -0.05) is 0 Å². The number of anilines is 3. The number of carbonyl (C=O) groups is 3. The molecule has 77 heavy (non-hydrogen) atoms. The second-order valence-corrected chi connectivity index (χ2v) is 26.4. The van der Waals surface area contributed by atoms with Gasteiger partial charge in [0.05, 0.1) is 67.9 Å². The number of rotatable bonds is 23. The molecule has 0 radical (unpaired) electrons. The van der Waals surface area contributed by atoms with Crippen molar-refractivity contribution in [2.45, 2.75) is 100 Å². The normalized spacial score (nSPS) is 16.9. The van der Waals surface area contributed by atoms with Crippen LogP contribution < -0.4 is 34.3 Å². The summed E-state index contributed by atoms with van der Waals surface area (Å²) in [5.41, 5.74) is 11.4. The molecule has 3 aromatic rings. The van der Waals surface area contributed by atoms with E-state index in [0.717, 1.165) is 21.8 Å². The number of nitrogen functional groups attached to an aromatic ring is 3. The van der Waals surface area contributed by atoms with E-state index in [1.54, 1.807) is 62.3 Å². The van der Waals surface area contributed by atoms with Crippen LogP contribution in [0, 0.1) is 16.2 Å². The Bertz CT molecular complexity index is 2690. The van der Waals surface area contributed by atoms with Crippen molar-refractivity contribution >= 4 is 57.9 Å². The zero-order chi connectivity index (χ0) is 58.6. The Hall–Kier alpha value is -5.51. The standard InChI is InChI=1S/C19H33N4O10P.C13H21N4O7P.C7H13N4O6P/c1-18(2,3)14(25)32-30-11-34(28,12-31-33-15(26)19(4,5)6)10-29-13(8-24)7-23-9-21-16(20)22-17(23)27;1-13(2,3)10(18)24-22-8-25(20)7-21-9(5-23-25)4-17-6-15-11(14)16-12(17)19;8-6-9-3-11(7(13)10-6)1-5(2-12)17-4-18(14,15)16/h9,13,24H,7-8,10-12H2,1-6H3,(H2,20,22,27);6,9H,4-5,7-8H2,1-3H3,(H2,14,16,19);3,5,12H,1-2,4H2,(H2,8,10,13)(H2,14,15,16)/t13-;9-,25?;5-/m000/s1. The van der Waals surface area contributed by atoms with E-state index in [9.17, 15) is 47.6 Å². The molecule has 436 valence electrons. The first-order chi connectivity index (χ1) is 35.5. The Labute approximate surface area is 438 Å². The molecular weight excluding hydrogens is 1100 g/mol. The van der Waals surface area contributed by atoms with Crippen LogP contribution in [0.2, 0.25) is 0 Å². The van der Waals surface area contributed by atoms with Crippen LogP contribution >= 0.6 is 22.1 Å². The predicted octanol–water partition coefficient (Wildman–Crippen LogP) is -1.04. The molecule has 38 heteroatoms. The van der Waals surface area contributed by atoms with Crippen LogP contribution in [0.5, 0.6) is 0 Å². The molecule has 0 aromatic carbocycles. The number of aromatic nitrogens is 9. The summed E-state index contributed by atoms with van der Waals surface area (Å²) in [6.45, 7) is 13.3. The number of carbonyl (C=O) groups excluding carboxylic acids is 3. The third-order valence-corrected chi connectivity index (χ3v) is 13.0. The Morgan fingerprint density at radius 3 is 1.38 bits per heavy atom. The summed E-state index contributed by atoms with van der Waals surface area (Å²) >= 11 is 0. The van der Waals surface area contributed by atoms with Crippen molar-refractivity contribution in [2.24, 2.45) is 16.2 Å². The lowest BCUT2D eigenvalue weighted by Gasteiger charge is -2.29. The maximum Gasteiger partial charge on any atom is 0.352 e. The molecule has 4 atom stereocenters. The van der Waals surface area contributed by atoms with Gasteiger partial charge in [0.25, 0.3) is 7.37 Å². The van der Waals surface area contributed by atoms with E-state index >= 15 is 0 Å². The van der Waals surface area contributed by atoms with Crippen molar-refractivity contribution in [3.63, 3.8) is 0 Å². The van der Waals surface area contributed by atoms with Crippen LogP contribution in [0.1, 0.15) is 62.3 Å². The Kier molecular flexibility index (Phi) is 26.4. The molecule has 0 amide bonds. The number of aliphatic hydroxyl groups is 2. The quantitative estimate of drug-likeness (QED) is 0.0339. The van der Waals surface area contributed by atoms with Gasteiger partial charge in [0.2, 0.25) is 17.8 Å². The van der Waals surface area contributed by atoms with E-state index in [1.807, 2.05) is 0 Å². The van der Waals surface area contributed by atoms with Crippen molar-refractivity contribution in [2.75, 3.05) is 75.1 Å². The monoisotopic (exact) mass is 1160 g/mol. The molecule has 1 aliphatic heterocycles. The van der Waals surface area contributed by atoms with Crippen LogP contribution in [0.15, 0.2) is 33.4 Å². The maximum atomic E-state index is 13.3. The van der Waals surface area contributed by atoms with Crippen LogP contribution in [0.25, 0.3) is 0 Å². The molecule has 1 unspecified atom stereocenters. The second-order valence-electron chi connectivity index (χ2n) is 19.5. The van der Waals surface area contributed by atoms with Crippen LogP contribution in [0.3, 0.4) is 0 Å². The summed E-state index contributed by atoms with van der Waals surface area (Å²) in [5.74, 6) is -2.50. The lowest BCUT2D eigenvalue weighted by Crippen LogP contribution is -2.35. The van der Waals surface area contributed by atoms with Crippen LogP contribution in [-0.4, -0.2) is 158 Å². The first-order valence-electron chi connectivity index (χ1n) is 22.5. The second kappa shape index (κ2) is 30.0. The van der Waals surface area contributed by atoms with Gasteiger partial charge in [0, 0.05) is 0 Å². The molecule has 0 bridgehead atoms. The highest BCUT2D eigenvalue weighted by Crippen LogP contribution is 2.50. The zero-order valence-electron chi connectivity index (χ0n) is 43.6. The highest BCUT2D eigenvalue weighted by Gasteiger charge is 2.35. The Morgan fingerprint density at radius 2 is 1.04 bits per heavy atom. The van der Waals surface area contributed by atoms with E-state index in [2.05, 4.69) is 44.6 Å². The molecule has 35 nitrogen and oxygen atoms in total. The summed E-state index contributed by atoms with van der Waals surface area (Å²) in [5, 5.41) is 18.6. The van der Waals surface area contributed by atoms with Crippen molar-refractivity contribution in [1.29, 1.82) is 0 Å². The first-order valence-corrected chi connectivity index (χ1v) is 28.5. The molecule has 4 rings (SSSR count). The summed E-state index contributed by atoms with van der Waals surface area (Å²) in [6, 6.07) is 0. The minimum atomic E-state index is -4.33. The molecule has 1 aliphatic rings. The highest BCUT2D eigenvalue weighted by atomic mass is 31.2. The Morgan fingerprint density at radius 1 is 0.662 bits per heavy atom. The minimum absolute atomic E-state index is 0.0231. The number of hydrogen-bond acceptors (Lipinski definition) is 30. The van der Waals surface area contributed by atoms with Crippen molar-refractivity contribution in [1.82, 2.24) is 43.6 Å². The van der Waals surface area contributed by atoms with Crippen molar-refractivity contribution < 1.29 is 96.1 Å². The van der Waals surface area contributed by atoms with Gasteiger partial charge in [-0.2, -0.15) is 29.6 Å². The Balaban J connectivity index is 0.000000415. The third-order valence-electron chi connectivity index (χ3n) is 9.06. The van der Waals surface area contributed by atoms with Gasteiger partial charge in [-0.25, -0.2) is 43.7 Å². The summed E-state index contributed by atoms with van der Waals surface area (Å²) in [4.78, 5) is 137. The van der Waals surface area contributed by atoms with Crippen LogP contribution in [-0.2, 0) is 95.8 Å². The fraction of sp³-hybridized carbons (Fsp3) is 0.692. The van der Waals surface area contributed by atoms with E-state index in [-0.39, 0.29) is 50.4 Å². The molecule has 0 saturated carbocycles. The van der Waals surface area contributed by atoms with Gasteiger partial charge < -0.3 is 60.5 Å². The largest absolute Gasteiger partial charge is 0.394 e. The highest BCUT2D eigenvalue weighted by molar-refractivity contribution is 7.63. The van der Waals surface area contributed by atoms with Gasteiger partial charge in [0.15, 0.2) is 26.2 Å². The van der Waals surface area contributed by atoms with Gasteiger partial charge in [0.1, 0.15) is 44.1 Å². The molecule has 1 fully saturated rings. The maximum absolute atomic E-state index is 13.3. The summed E-state index contributed by atoms with van der Waals surface area (Å²) in [6.07, 6.45) is -2.23. The molecule has 3 aromatic heterocycles. The number of aliphatic hydroxyl groups excluding tert-OH is 2. The lowest BCUT2D eigenvalue weighted by atomic mass is 9.98. The van der Waals surface area contributed by atoms with E-state index in [1.165, 1.54) is 10.9 Å². The van der Waals surface area contributed by atoms with Crippen LogP contribution in [0.4, 0.5) is 17.8 Å². The predicted molar refractivity (Wildman–Crippen MR) is 263 cm³/mol. The summed E-state index contributed by atoms with van der Waals surface area (Å²) < 4.78 is 60.6. The SMILES string of the molecule is CC(C)(C)C(=O)OOCP(=O)(COOC(=O)C(C)(C)C)CO[C@H](CO)Cn1cnc(N)nc1=O.CC(C)(C)C(=O)OOCP1(=O)CO[C@@H](Cn2cnc(N)nc2=O)CO1.Nc1ncn(C[C@@H](CO)OCP(=O)(O)O)c(=O)n1. The lowest BCUT2D eigenvalue weighted by molar-refractivity contribution is -0.274. The van der Waals surface area contributed by atoms with E-state index in [0.29, 0.717) is 0 Å². The van der Waals surface area contributed by atoms with Crippen molar-refractivity contribution in [3.05, 3.63) is 50.4 Å². The average Bonchev–Trinajstić information content (AvgIpc) is 3.31. The molecule has 10 N–H and O–H groups in total. The van der Waals surface area contributed by atoms with Gasteiger partial charge in [-0.15, -0.1) is 0 Å². The van der Waals surface area contributed by atoms with Gasteiger partial charge in [-0.3, -0.25) is 37.5 Å². The van der Waals surface area contributed by atoms with Gasteiger partial charge >= 0.3 is 42.6 Å². The number of ether oxygens (including phenoxy) is 3. The number of nitrogens with two attached hydrogens (primary N) is 3. The minimum Gasteiger partial charge on any atom is -0.394 e. The fourth-order valence-electron chi connectivity index (χ4n) is 4.61. The number of nitrogens with zero attached hydrogens (tertiary/aromatic N) is 9. The number of hydrogen-bond donors (Lipinski definition) is 7. The molecule has 4 heterocycles. The van der Waals surface area contributed by atoms with E-state index < -0.39 is 137 Å². The molecule has 0 spiro atoms.